The van der Waals surface area contributed by atoms with Crippen LogP contribution in [0.3, 0.4) is 0 Å². The number of aromatic nitrogens is 2. The minimum atomic E-state index is 0.380. The van der Waals surface area contributed by atoms with Crippen LogP contribution < -0.4 is 0 Å². The minimum Gasteiger partial charge on any atom is -0.309 e. The Labute approximate surface area is 297 Å². The highest BCUT2D eigenvalue weighted by Gasteiger charge is 2.15. The maximum atomic E-state index is 2.40. The van der Waals surface area contributed by atoms with Crippen molar-refractivity contribution in [1.29, 1.82) is 0 Å². The Bertz CT molecular complexity index is 2660. The zero-order valence-corrected chi connectivity index (χ0v) is 28.3. The van der Waals surface area contributed by atoms with Crippen LogP contribution in [0.25, 0.3) is 60.6 Å². The van der Waals surface area contributed by atoms with Gasteiger partial charge in [-0.05, 0) is 89.2 Å². The number of fused-ring (bicyclic) bond motifs is 6. The van der Waals surface area contributed by atoms with Gasteiger partial charge in [-0.25, -0.2) is 0 Å². The second kappa shape index (κ2) is 12.2. The Morgan fingerprint density at radius 1 is 0.431 bits per heavy atom. The summed E-state index contributed by atoms with van der Waals surface area (Å²) in [5.41, 5.74) is 13.9. The second-order valence-corrected chi connectivity index (χ2v) is 13.7. The van der Waals surface area contributed by atoms with Gasteiger partial charge in [-0.1, -0.05) is 140 Å². The van der Waals surface area contributed by atoms with E-state index in [0.29, 0.717) is 5.92 Å². The first-order valence-electron chi connectivity index (χ1n) is 17.9. The lowest BCUT2D eigenvalue weighted by Gasteiger charge is -2.18. The molecule has 2 heterocycles. The molecule has 2 nitrogen and oxygen atoms in total. The molecule has 0 N–H and O–H groups in total. The molecule has 1 aliphatic rings. The molecule has 1 unspecified atom stereocenters. The molecule has 0 spiro atoms. The summed E-state index contributed by atoms with van der Waals surface area (Å²) in [4.78, 5) is 0. The summed E-state index contributed by atoms with van der Waals surface area (Å²) in [6, 6.07) is 62.1. The van der Waals surface area contributed by atoms with Crippen molar-refractivity contribution in [3.05, 3.63) is 210 Å². The summed E-state index contributed by atoms with van der Waals surface area (Å²) in [6.07, 6.45) is 8.98. The summed E-state index contributed by atoms with van der Waals surface area (Å²) < 4.78 is 4.76. The summed E-state index contributed by atoms with van der Waals surface area (Å²) in [5.74, 6) is 0.380. The molecular weight excluding hydrogens is 617 g/mol. The molecule has 242 valence electrons. The van der Waals surface area contributed by atoms with E-state index in [1.165, 1.54) is 82.8 Å². The predicted molar refractivity (Wildman–Crippen MR) is 215 cm³/mol. The van der Waals surface area contributed by atoms with Crippen LogP contribution >= 0.6 is 0 Å². The molecule has 7 aromatic carbocycles. The van der Waals surface area contributed by atoms with Gasteiger partial charge in [0.15, 0.2) is 0 Å². The summed E-state index contributed by atoms with van der Waals surface area (Å²) in [5, 5.41) is 5.17. The largest absolute Gasteiger partial charge is 0.309 e. The van der Waals surface area contributed by atoms with Gasteiger partial charge >= 0.3 is 0 Å². The standard InChI is InChI=1S/C49H36N2/c1-5-13-46-42(9-1)43-10-2-6-14-47(43)50(46)40-29-19-35(20-30-40)33-34-17-21-36(22-18-34)37-23-25-38(26-24-37)39-27-31-41(32-28-39)51-48-15-7-3-11-44(48)45-12-4-8-16-49(45)51/h1-25,27-32,38H,26,33H2. The zero-order chi connectivity index (χ0) is 33.7. The summed E-state index contributed by atoms with van der Waals surface area (Å²) in [6.45, 7) is 0. The molecule has 51 heavy (non-hydrogen) atoms. The van der Waals surface area contributed by atoms with Crippen LogP contribution in [0.5, 0.6) is 0 Å². The third-order valence-corrected chi connectivity index (χ3v) is 10.7. The number of allylic oxidation sites excluding steroid dienone is 4. The first kappa shape index (κ1) is 29.5. The SMILES string of the molecule is C1=CC(c2ccc(-n3c4ccccc4c4ccccc43)cc2)CC=C1c1ccc(Cc2ccc(-n3c4ccccc4c4ccccc43)cc2)cc1. The molecule has 1 aliphatic carbocycles. The fourth-order valence-electron chi connectivity index (χ4n) is 8.17. The van der Waals surface area contributed by atoms with Crippen molar-refractivity contribution in [3.8, 4) is 11.4 Å². The smallest absolute Gasteiger partial charge is 0.0541 e. The van der Waals surface area contributed by atoms with Gasteiger partial charge < -0.3 is 9.13 Å². The number of nitrogens with zero attached hydrogens (tertiary/aromatic N) is 2. The van der Waals surface area contributed by atoms with Gasteiger partial charge in [-0.15, -0.1) is 0 Å². The van der Waals surface area contributed by atoms with Crippen LogP contribution in [0, 0.1) is 0 Å². The molecule has 1 atom stereocenters. The topological polar surface area (TPSA) is 9.86 Å². The van der Waals surface area contributed by atoms with E-state index in [2.05, 4.69) is 197 Å². The molecule has 0 radical (unpaired) electrons. The van der Waals surface area contributed by atoms with Crippen LogP contribution in [-0.2, 0) is 6.42 Å². The summed E-state index contributed by atoms with van der Waals surface area (Å²) >= 11 is 0. The third-order valence-electron chi connectivity index (χ3n) is 10.7. The Morgan fingerprint density at radius 3 is 1.27 bits per heavy atom. The maximum Gasteiger partial charge on any atom is 0.0541 e. The number of hydrogen-bond donors (Lipinski definition) is 0. The molecule has 9 aromatic rings. The average molecular weight is 653 g/mol. The Kier molecular flexibility index (Phi) is 7.06. The maximum absolute atomic E-state index is 2.40. The van der Waals surface area contributed by atoms with Crippen molar-refractivity contribution in [2.45, 2.75) is 18.8 Å². The summed E-state index contributed by atoms with van der Waals surface area (Å²) in [7, 11) is 0. The lowest BCUT2D eigenvalue weighted by molar-refractivity contribution is 0.856. The van der Waals surface area contributed by atoms with Gasteiger partial charge in [0.05, 0.1) is 22.1 Å². The van der Waals surface area contributed by atoms with E-state index in [9.17, 15) is 0 Å². The van der Waals surface area contributed by atoms with E-state index in [-0.39, 0.29) is 0 Å². The predicted octanol–water partition coefficient (Wildman–Crippen LogP) is 12.6. The van der Waals surface area contributed by atoms with Gasteiger partial charge in [-0.3, -0.25) is 0 Å². The van der Waals surface area contributed by atoms with Gasteiger partial charge in [0, 0.05) is 38.8 Å². The lowest BCUT2D eigenvalue weighted by atomic mass is 9.88. The lowest BCUT2D eigenvalue weighted by Crippen LogP contribution is -2.00. The second-order valence-electron chi connectivity index (χ2n) is 13.7. The van der Waals surface area contributed by atoms with Crippen molar-refractivity contribution in [2.75, 3.05) is 0 Å². The van der Waals surface area contributed by atoms with Crippen molar-refractivity contribution in [1.82, 2.24) is 9.13 Å². The average Bonchev–Trinajstić information content (AvgIpc) is 3.72. The molecule has 0 saturated carbocycles. The van der Waals surface area contributed by atoms with Crippen molar-refractivity contribution < 1.29 is 0 Å². The number of para-hydroxylation sites is 4. The molecule has 2 aromatic heterocycles. The first-order chi connectivity index (χ1) is 25.3. The molecule has 0 fully saturated rings. The fourth-order valence-corrected chi connectivity index (χ4v) is 8.17. The van der Waals surface area contributed by atoms with Crippen LogP contribution in [0.2, 0.25) is 0 Å². The third kappa shape index (κ3) is 5.11. The Hall–Kier alpha value is -6.38. The molecule has 0 bridgehead atoms. The van der Waals surface area contributed by atoms with Gasteiger partial charge in [-0.2, -0.15) is 0 Å². The quantitative estimate of drug-likeness (QED) is 0.169. The zero-order valence-electron chi connectivity index (χ0n) is 28.3. The van der Waals surface area contributed by atoms with Crippen LogP contribution in [0.1, 0.15) is 34.6 Å². The molecule has 10 rings (SSSR count). The monoisotopic (exact) mass is 652 g/mol. The number of hydrogen-bond acceptors (Lipinski definition) is 0. The van der Waals surface area contributed by atoms with Crippen molar-refractivity contribution in [2.24, 2.45) is 0 Å². The van der Waals surface area contributed by atoms with E-state index in [0.717, 1.165) is 12.8 Å². The molecule has 2 heteroatoms. The van der Waals surface area contributed by atoms with Crippen LogP contribution in [-0.4, -0.2) is 9.13 Å². The molecule has 0 aliphatic heterocycles. The Morgan fingerprint density at radius 2 is 0.843 bits per heavy atom. The van der Waals surface area contributed by atoms with E-state index >= 15 is 0 Å². The Balaban J connectivity index is 0.828. The minimum absolute atomic E-state index is 0.380. The van der Waals surface area contributed by atoms with E-state index in [1.807, 2.05) is 0 Å². The highest BCUT2D eigenvalue weighted by Crippen LogP contribution is 2.35. The molecular formula is C49H36N2. The highest BCUT2D eigenvalue weighted by atomic mass is 15.0. The molecule has 0 saturated heterocycles. The van der Waals surface area contributed by atoms with Crippen molar-refractivity contribution in [3.63, 3.8) is 0 Å². The highest BCUT2D eigenvalue weighted by molar-refractivity contribution is 6.10. The fraction of sp³-hybridized carbons (Fsp3) is 0.0612. The van der Waals surface area contributed by atoms with Gasteiger partial charge in [0.2, 0.25) is 0 Å². The van der Waals surface area contributed by atoms with E-state index in [1.54, 1.807) is 0 Å². The molecule has 0 amide bonds. The van der Waals surface area contributed by atoms with Crippen LogP contribution in [0.4, 0.5) is 0 Å². The normalized spacial score (nSPS) is 14.5. The number of rotatable bonds is 6. The first-order valence-corrected chi connectivity index (χ1v) is 17.9. The van der Waals surface area contributed by atoms with E-state index < -0.39 is 0 Å². The number of benzene rings is 7. The van der Waals surface area contributed by atoms with E-state index in [4.69, 9.17) is 0 Å². The van der Waals surface area contributed by atoms with Crippen molar-refractivity contribution >= 4 is 49.2 Å². The van der Waals surface area contributed by atoms with Gasteiger partial charge in [0.1, 0.15) is 0 Å². The van der Waals surface area contributed by atoms with Gasteiger partial charge in [0.25, 0.3) is 0 Å². The van der Waals surface area contributed by atoms with Crippen LogP contribution in [0.15, 0.2) is 188 Å².